The van der Waals surface area contributed by atoms with E-state index in [-0.39, 0.29) is 6.10 Å². The molecule has 0 heterocycles. The highest BCUT2D eigenvalue weighted by Crippen LogP contribution is 2.27. The van der Waals surface area contributed by atoms with Crippen molar-refractivity contribution in [3.63, 3.8) is 0 Å². The summed E-state index contributed by atoms with van der Waals surface area (Å²) in [6, 6.07) is 0.505. The molecule has 3 nitrogen and oxygen atoms in total. The molecule has 0 aromatic carbocycles. The lowest BCUT2D eigenvalue weighted by atomic mass is 9.85. The predicted octanol–water partition coefficient (Wildman–Crippen LogP) is 3.52. The first-order valence-corrected chi connectivity index (χ1v) is 8.30. The third-order valence-corrected chi connectivity index (χ3v) is 3.84. The average Bonchev–Trinajstić information content (AvgIpc) is 2.41. The number of unbranched alkanes of at least 4 members (excludes halogenated alkanes) is 4. The van der Waals surface area contributed by atoms with Crippen LogP contribution in [0.2, 0.25) is 0 Å². The van der Waals surface area contributed by atoms with Crippen molar-refractivity contribution in [2.24, 2.45) is 0 Å². The molecule has 0 amide bonds. The smallest absolute Gasteiger partial charge is 0.0990 e. The van der Waals surface area contributed by atoms with E-state index in [1.165, 1.54) is 38.5 Å². The van der Waals surface area contributed by atoms with Crippen molar-refractivity contribution in [1.82, 2.24) is 5.32 Å². The zero-order valence-electron chi connectivity index (χ0n) is 13.1. The molecule has 1 saturated carbocycles. The summed E-state index contributed by atoms with van der Waals surface area (Å²) in [5.41, 5.74) is 0. The fourth-order valence-electron chi connectivity index (χ4n) is 2.63. The zero-order chi connectivity index (χ0) is 13.9. The van der Waals surface area contributed by atoms with Gasteiger partial charge in [-0.2, -0.15) is 0 Å². The van der Waals surface area contributed by atoms with Gasteiger partial charge < -0.3 is 14.8 Å². The fraction of sp³-hybridized carbons (Fsp3) is 1.00. The Morgan fingerprint density at radius 1 is 0.947 bits per heavy atom. The number of hydrogen-bond donors (Lipinski definition) is 1. The minimum Gasteiger partial charge on any atom is -0.375 e. The van der Waals surface area contributed by atoms with Crippen LogP contribution in [0, 0.1) is 0 Å². The lowest BCUT2D eigenvalue weighted by Gasteiger charge is -2.44. The predicted molar refractivity (Wildman–Crippen MR) is 80.6 cm³/mol. The summed E-state index contributed by atoms with van der Waals surface area (Å²) in [6.45, 7) is 9.28. The maximum atomic E-state index is 5.97. The maximum Gasteiger partial charge on any atom is 0.0990 e. The van der Waals surface area contributed by atoms with Crippen LogP contribution in [0.15, 0.2) is 0 Å². The van der Waals surface area contributed by atoms with Crippen molar-refractivity contribution in [2.75, 3.05) is 19.8 Å². The van der Waals surface area contributed by atoms with E-state index in [4.69, 9.17) is 9.47 Å². The Kier molecular flexibility index (Phi) is 9.48. The van der Waals surface area contributed by atoms with Gasteiger partial charge in [-0.3, -0.25) is 0 Å². The van der Waals surface area contributed by atoms with Gasteiger partial charge in [0.1, 0.15) is 0 Å². The fourth-order valence-corrected chi connectivity index (χ4v) is 2.63. The van der Waals surface area contributed by atoms with E-state index in [0.717, 1.165) is 26.2 Å². The normalized spacial score (nSPS) is 26.4. The van der Waals surface area contributed by atoms with Crippen molar-refractivity contribution in [3.8, 4) is 0 Å². The van der Waals surface area contributed by atoms with E-state index in [2.05, 4.69) is 26.1 Å². The molecule has 1 N–H and O–H groups in total. The topological polar surface area (TPSA) is 30.5 Å². The van der Waals surface area contributed by atoms with Crippen LogP contribution < -0.4 is 5.32 Å². The van der Waals surface area contributed by atoms with Crippen LogP contribution in [-0.4, -0.2) is 38.0 Å². The van der Waals surface area contributed by atoms with Crippen molar-refractivity contribution in [1.29, 1.82) is 0 Å². The molecule has 1 aliphatic rings. The third-order valence-electron chi connectivity index (χ3n) is 3.84. The maximum absolute atomic E-state index is 5.97. The highest BCUT2D eigenvalue weighted by Gasteiger charge is 2.42. The molecule has 0 aromatic heterocycles. The second kappa shape index (κ2) is 10.6. The molecule has 114 valence electrons. The summed E-state index contributed by atoms with van der Waals surface area (Å²) < 4.78 is 11.8. The molecule has 3 atom stereocenters. The van der Waals surface area contributed by atoms with Gasteiger partial charge in [0, 0.05) is 19.3 Å². The van der Waals surface area contributed by atoms with E-state index in [9.17, 15) is 0 Å². The second-order valence-corrected chi connectivity index (χ2v) is 5.54. The molecular formula is C16H33NO2. The Morgan fingerprint density at radius 3 is 2.42 bits per heavy atom. The number of hydrogen-bond acceptors (Lipinski definition) is 3. The molecule has 1 aliphatic carbocycles. The van der Waals surface area contributed by atoms with Gasteiger partial charge in [0.05, 0.1) is 12.2 Å². The van der Waals surface area contributed by atoms with Gasteiger partial charge in [0.25, 0.3) is 0 Å². The highest BCUT2D eigenvalue weighted by molar-refractivity contribution is 4.97. The average molecular weight is 271 g/mol. The van der Waals surface area contributed by atoms with E-state index in [1.807, 2.05) is 0 Å². The molecule has 3 heteroatoms. The quantitative estimate of drug-likeness (QED) is 0.551. The van der Waals surface area contributed by atoms with Gasteiger partial charge in [-0.15, -0.1) is 0 Å². The lowest BCUT2D eigenvalue weighted by Crippen LogP contribution is -2.60. The monoisotopic (exact) mass is 271 g/mol. The molecule has 0 aromatic rings. The summed E-state index contributed by atoms with van der Waals surface area (Å²) in [4.78, 5) is 0. The summed E-state index contributed by atoms with van der Waals surface area (Å²) >= 11 is 0. The second-order valence-electron chi connectivity index (χ2n) is 5.54. The Labute approximate surface area is 119 Å². The molecule has 0 radical (unpaired) electrons. The summed E-state index contributed by atoms with van der Waals surface area (Å²) in [5.74, 6) is 0. The van der Waals surface area contributed by atoms with E-state index in [1.54, 1.807) is 0 Å². The third kappa shape index (κ3) is 6.24. The molecule has 1 rings (SSSR count). The van der Waals surface area contributed by atoms with Crippen molar-refractivity contribution < 1.29 is 9.47 Å². The van der Waals surface area contributed by atoms with Crippen LogP contribution in [0.1, 0.15) is 65.7 Å². The summed E-state index contributed by atoms with van der Waals surface area (Å²) in [7, 11) is 0. The number of rotatable bonds is 12. The van der Waals surface area contributed by atoms with E-state index < -0.39 is 0 Å². The zero-order valence-corrected chi connectivity index (χ0v) is 13.1. The van der Waals surface area contributed by atoms with Crippen LogP contribution in [-0.2, 0) is 9.47 Å². The lowest BCUT2D eigenvalue weighted by molar-refractivity contribution is -0.145. The van der Waals surface area contributed by atoms with Gasteiger partial charge in [-0.05, 0) is 32.7 Å². The molecule has 19 heavy (non-hydrogen) atoms. The van der Waals surface area contributed by atoms with E-state index in [0.29, 0.717) is 12.1 Å². The first-order valence-electron chi connectivity index (χ1n) is 8.30. The molecule has 0 saturated heterocycles. The molecule has 0 spiro atoms. The van der Waals surface area contributed by atoms with Gasteiger partial charge in [0.2, 0.25) is 0 Å². The number of nitrogens with one attached hydrogen (secondary N) is 1. The highest BCUT2D eigenvalue weighted by atomic mass is 16.5. The van der Waals surface area contributed by atoms with Crippen LogP contribution in [0.4, 0.5) is 0 Å². The number of ether oxygens (including phenoxy) is 2. The first-order chi connectivity index (χ1) is 9.33. The Hall–Kier alpha value is -0.120. The van der Waals surface area contributed by atoms with Crippen LogP contribution in [0.5, 0.6) is 0 Å². The first kappa shape index (κ1) is 16.9. The summed E-state index contributed by atoms with van der Waals surface area (Å²) in [5, 5.41) is 3.55. The van der Waals surface area contributed by atoms with Crippen molar-refractivity contribution >= 4 is 0 Å². The minimum atomic E-state index is 0.271. The minimum absolute atomic E-state index is 0.271. The summed E-state index contributed by atoms with van der Waals surface area (Å²) in [6.07, 6.45) is 9.39. The molecule has 0 bridgehead atoms. The van der Waals surface area contributed by atoms with Gasteiger partial charge in [-0.25, -0.2) is 0 Å². The van der Waals surface area contributed by atoms with Crippen LogP contribution in [0.3, 0.4) is 0 Å². The van der Waals surface area contributed by atoms with Crippen molar-refractivity contribution in [3.05, 3.63) is 0 Å². The van der Waals surface area contributed by atoms with E-state index >= 15 is 0 Å². The van der Waals surface area contributed by atoms with Crippen molar-refractivity contribution in [2.45, 2.75) is 84.0 Å². The van der Waals surface area contributed by atoms with Crippen LogP contribution in [0.25, 0.3) is 0 Å². The molecular weight excluding hydrogens is 238 g/mol. The van der Waals surface area contributed by atoms with Gasteiger partial charge >= 0.3 is 0 Å². The van der Waals surface area contributed by atoms with Gasteiger partial charge in [0.15, 0.2) is 0 Å². The van der Waals surface area contributed by atoms with Crippen LogP contribution >= 0.6 is 0 Å². The SMILES string of the molecule is CCCCCCCOC1CC(NCCC)C1OCC. The largest absolute Gasteiger partial charge is 0.375 e. The Bertz CT molecular complexity index is 211. The molecule has 3 unspecified atom stereocenters. The molecule has 0 aliphatic heterocycles. The Morgan fingerprint density at radius 2 is 1.74 bits per heavy atom. The standard InChI is InChI=1S/C16H33NO2/c1-4-7-8-9-10-12-19-15-13-14(17-11-5-2)16(15)18-6-3/h14-17H,4-13H2,1-3H3. The Balaban J connectivity index is 2.09. The molecule has 1 fully saturated rings. The van der Waals surface area contributed by atoms with Gasteiger partial charge in [-0.1, -0.05) is 39.5 Å².